The molecule has 0 saturated heterocycles. The van der Waals surface area contributed by atoms with Crippen LogP contribution < -0.4 is 5.32 Å². The van der Waals surface area contributed by atoms with Gasteiger partial charge in [0.25, 0.3) is 0 Å². The van der Waals surface area contributed by atoms with Crippen molar-refractivity contribution < 1.29 is 4.74 Å². The molecule has 2 nitrogen and oxygen atoms in total. The third-order valence-corrected chi connectivity index (χ3v) is 3.73. The average Bonchev–Trinajstić information content (AvgIpc) is 2.51. The van der Waals surface area contributed by atoms with Gasteiger partial charge in [0.2, 0.25) is 0 Å². The number of rotatable bonds is 4. The van der Waals surface area contributed by atoms with Crippen molar-refractivity contribution in [2.45, 2.75) is 64.0 Å². The van der Waals surface area contributed by atoms with E-state index >= 15 is 0 Å². The summed E-state index contributed by atoms with van der Waals surface area (Å²) in [4.78, 5) is 0. The highest BCUT2D eigenvalue weighted by atomic mass is 16.5. The Hall–Kier alpha value is -0.340. The predicted molar refractivity (Wildman–Crippen MR) is 69.7 cm³/mol. The van der Waals surface area contributed by atoms with Gasteiger partial charge in [-0.05, 0) is 33.7 Å². The average molecular weight is 225 g/mol. The topological polar surface area (TPSA) is 21.3 Å². The molecule has 1 unspecified atom stereocenters. The van der Waals surface area contributed by atoms with Crippen LogP contribution in [0.2, 0.25) is 0 Å². The Kier molecular flexibility index (Phi) is 5.50. The molecule has 0 aromatic carbocycles. The molecule has 0 bridgehead atoms. The summed E-state index contributed by atoms with van der Waals surface area (Å²) in [5, 5.41) is 3.42. The molecule has 0 aliphatic heterocycles. The van der Waals surface area contributed by atoms with E-state index in [-0.39, 0.29) is 5.60 Å². The largest absolute Gasteiger partial charge is 0.376 e. The molecule has 1 aliphatic carbocycles. The molecule has 1 saturated carbocycles. The number of nitrogens with one attached hydrogen (secondary N) is 1. The van der Waals surface area contributed by atoms with Crippen molar-refractivity contribution in [3.8, 4) is 0 Å². The highest BCUT2D eigenvalue weighted by Crippen LogP contribution is 2.33. The summed E-state index contributed by atoms with van der Waals surface area (Å²) >= 11 is 0. The molecule has 0 heterocycles. The third kappa shape index (κ3) is 3.33. The minimum atomic E-state index is 0.0164. The van der Waals surface area contributed by atoms with Gasteiger partial charge in [0.1, 0.15) is 0 Å². The van der Waals surface area contributed by atoms with Crippen LogP contribution in [0, 0.1) is 0 Å². The molecule has 2 heteroatoms. The summed E-state index contributed by atoms with van der Waals surface area (Å²) in [6.45, 7) is 4.31. The van der Waals surface area contributed by atoms with Crippen LogP contribution in [-0.2, 0) is 4.74 Å². The first-order chi connectivity index (χ1) is 7.64. The van der Waals surface area contributed by atoms with Gasteiger partial charge in [0.05, 0.1) is 11.6 Å². The molecule has 1 fully saturated rings. The maximum absolute atomic E-state index is 5.91. The molecule has 0 amide bonds. The van der Waals surface area contributed by atoms with Crippen LogP contribution in [0.1, 0.15) is 52.4 Å². The molecule has 1 N–H and O–H groups in total. The predicted octanol–water partition coefficient (Wildman–Crippen LogP) is 3.28. The van der Waals surface area contributed by atoms with Gasteiger partial charge in [-0.15, -0.1) is 0 Å². The first kappa shape index (κ1) is 13.7. The normalized spacial score (nSPS) is 22.2. The Balaban J connectivity index is 2.85. The fourth-order valence-corrected chi connectivity index (χ4v) is 2.80. The van der Waals surface area contributed by atoms with Gasteiger partial charge < -0.3 is 10.1 Å². The lowest BCUT2D eigenvalue weighted by molar-refractivity contribution is -0.0393. The first-order valence-electron chi connectivity index (χ1n) is 6.52. The van der Waals surface area contributed by atoms with Crippen LogP contribution in [0.15, 0.2) is 11.6 Å². The lowest BCUT2D eigenvalue weighted by Crippen LogP contribution is -2.49. The van der Waals surface area contributed by atoms with Crippen molar-refractivity contribution in [2.24, 2.45) is 0 Å². The maximum Gasteiger partial charge on any atom is 0.0866 e. The Morgan fingerprint density at radius 3 is 2.12 bits per heavy atom. The van der Waals surface area contributed by atoms with Crippen LogP contribution >= 0.6 is 0 Å². The number of hydrogen-bond acceptors (Lipinski definition) is 2. The minimum absolute atomic E-state index is 0.0164. The van der Waals surface area contributed by atoms with E-state index in [9.17, 15) is 0 Å². The third-order valence-electron chi connectivity index (χ3n) is 3.73. The van der Waals surface area contributed by atoms with Crippen LogP contribution in [0.5, 0.6) is 0 Å². The van der Waals surface area contributed by atoms with Gasteiger partial charge in [-0.25, -0.2) is 0 Å². The van der Waals surface area contributed by atoms with E-state index in [2.05, 4.69) is 25.2 Å². The number of allylic oxidation sites excluding steroid dienone is 1. The van der Waals surface area contributed by atoms with Crippen molar-refractivity contribution >= 4 is 0 Å². The maximum atomic E-state index is 5.91. The summed E-state index contributed by atoms with van der Waals surface area (Å²) in [5.74, 6) is 0. The molecule has 16 heavy (non-hydrogen) atoms. The quantitative estimate of drug-likeness (QED) is 0.585. The number of ether oxygens (including phenoxy) is 1. The highest BCUT2D eigenvalue weighted by molar-refractivity contribution is 5.09. The van der Waals surface area contributed by atoms with Gasteiger partial charge in [-0.2, -0.15) is 0 Å². The first-order valence-corrected chi connectivity index (χ1v) is 6.52. The fraction of sp³-hybridized carbons (Fsp3) is 0.857. The van der Waals surface area contributed by atoms with Crippen molar-refractivity contribution in [1.29, 1.82) is 0 Å². The van der Waals surface area contributed by atoms with E-state index in [0.29, 0.717) is 6.04 Å². The van der Waals surface area contributed by atoms with Crippen molar-refractivity contribution in [3.05, 3.63) is 11.6 Å². The van der Waals surface area contributed by atoms with E-state index in [1.165, 1.54) is 44.1 Å². The zero-order valence-electron chi connectivity index (χ0n) is 11.3. The van der Waals surface area contributed by atoms with Crippen LogP contribution in [0.4, 0.5) is 0 Å². The van der Waals surface area contributed by atoms with Gasteiger partial charge in [0, 0.05) is 7.11 Å². The highest BCUT2D eigenvalue weighted by Gasteiger charge is 2.37. The molecular formula is C14H27NO. The Morgan fingerprint density at radius 1 is 1.19 bits per heavy atom. The smallest absolute Gasteiger partial charge is 0.0866 e. The minimum Gasteiger partial charge on any atom is -0.376 e. The van der Waals surface area contributed by atoms with E-state index in [0.717, 1.165) is 0 Å². The number of hydrogen-bond donors (Lipinski definition) is 1. The number of methoxy groups -OCH3 is 1. The number of likely N-dealkylation sites (N-methyl/N-ethyl adjacent to an activating group) is 1. The molecule has 0 radical (unpaired) electrons. The summed E-state index contributed by atoms with van der Waals surface area (Å²) in [5.41, 5.74) is 1.38. The molecular weight excluding hydrogens is 198 g/mol. The molecule has 0 aromatic heterocycles. The van der Waals surface area contributed by atoms with Crippen molar-refractivity contribution in [1.82, 2.24) is 5.32 Å². The summed E-state index contributed by atoms with van der Waals surface area (Å²) < 4.78 is 5.91. The Morgan fingerprint density at radius 2 is 1.75 bits per heavy atom. The second kappa shape index (κ2) is 6.41. The van der Waals surface area contributed by atoms with Crippen molar-refractivity contribution in [3.63, 3.8) is 0 Å². The second-order valence-corrected chi connectivity index (χ2v) is 5.19. The fourth-order valence-electron chi connectivity index (χ4n) is 2.80. The van der Waals surface area contributed by atoms with Gasteiger partial charge >= 0.3 is 0 Å². The Bertz CT molecular complexity index is 223. The van der Waals surface area contributed by atoms with Crippen LogP contribution in [-0.4, -0.2) is 25.8 Å². The molecule has 1 rings (SSSR count). The second-order valence-electron chi connectivity index (χ2n) is 5.19. The molecule has 0 spiro atoms. The monoisotopic (exact) mass is 225 g/mol. The lowest BCUT2D eigenvalue weighted by atomic mass is 9.85. The van der Waals surface area contributed by atoms with Gasteiger partial charge in [-0.3, -0.25) is 0 Å². The van der Waals surface area contributed by atoms with E-state index < -0.39 is 0 Å². The standard InChI is InChI=1S/C14H27NO/c1-12(2)11-13(15-3)14(16-4)9-7-5-6-8-10-14/h11,13,15H,5-10H2,1-4H3. The Labute approximate surface area is 100 Å². The molecule has 1 atom stereocenters. The van der Waals surface area contributed by atoms with Gasteiger partial charge in [-0.1, -0.05) is 37.3 Å². The molecule has 0 aromatic rings. The van der Waals surface area contributed by atoms with E-state index in [1.807, 2.05) is 14.2 Å². The lowest BCUT2D eigenvalue weighted by Gasteiger charge is -2.38. The van der Waals surface area contributed by atoms with Crippen LogP contribution in [0.25, 0.3) is 0 Å². The zero-order chi connectivity index (χ0) is 12.0. The van der Waals surface area contributed by atoms with E-state index in [4.69, 9.17) is 4.74 Å². The van der Waals surface area contributed by atoms with Gasteiger partial charge in [0.15, 0.2) is 0 Å². The SMILES string of the molecule is CNC(C=C(C)C)C1(OC)CCCCCC1. The van der Waals surface area contributed by atoms with Crippen LogP contribution in [0.3, 0.4) is 0 Å². The van der Waals surface area contributed by atoms with Crippen molar-refractivity contribution in [2.75, 3.05) is 14.2 Å². The van der Waals surface area contributed by atoms with E-state index in [1.54, 1.807) is 0 Å². The molecule has 94 valence electrons. The molecule has 1 aliphatic rings. The zero-order valence-corrected chi connectivity index (χ0v) is 11.3. The summed E-state index contributed by atoms with van der Waals surface area (Å²) in [6.07, 6.45) is 9.98. The summed E-state index contributed by atoms with van der Waals surface area (Å²) in [6, 6.07) is 0.348. The summed E-state index contributed by atoms with van der Waals surface area (Å²) in [7, 11) is 3.91.